The number of hydrogen-bond acceptors (Lipinski definition) is 3. The number of hydrogen-bond donors (Lipinski definition) is 1. The third-order valence-electron chi connectivity index (χ3n) is 4.48. The largest absolute Gasteiger partial charge is 0.379 e. The van der Waals surface area contributed by atoms with E-state index in [-0.39, 0.29) is 22.4 Å². The van der Waals surface area contributed by atoms with E-state index in [9.17, 15) is 4.39 Å². The number of nitrogens with zero attached hydrogens (tertiary/aromatic N) is 1. The summed E-state index contributed by atoms with van der Waals surface area (Å²) in [7, 11) is 1.93. The van der Waals surface area contributed by atoms with Crippen LogP contribution in [0.1, 0.15) is 19.4 Å². The molecule has 1 aliphatic heterocycles. The summed E-state index contributed by atoms with van der Waals surface area (Å²) in [4.78, 5) is 2.40. The fraction of sp³-hybridized carbons (Fsp3) is 0.625. The molecule has 5 heteroatoms. The average molecular weight is 315 g/mol. The Hall–Kier alpha value is -0.680. The molecule has 0 radical (unpaired) electrons. The molecule has 1 N–H and O–H groups in total. The fourth-order valence-electron chi connectivity index (χ4n) is 2.99. The molecule has 1 aromatic carbocycles. The zero-order chi connectivity index (χ0) is 15.5. The van der Waals surface area contributed by atoms with Gasteiger partial charge in [-0.2, -0.15) is 0 Å². The van der Waals surface area contributed by atoms with Gasteiger partial charge in [0.2, 0.25) is 0 Å². The van der Waals surface area contributed by atoms with Gasteiger partial charge in [0.15, 0.2) is 0 Å². The average Bonchev–Trinajstić information content (AvgIpc) is 2.49. The van der Waals surface area contributed by atoms with Gasteiger partial charge >= 0.3 is 0 Å². The summed E-state index contributed by atoms with van der Waals surface area (Å²) in [5, 5.41) is 3.53. The molecular weight excluding hydrogens is 291 g/mol. The SMILES string of the molecule is CNC(Cc1cccc(Cl)c1F)C(C)(C)N1CCOCC1. The minimum absolute atomic E-state index is 0.0900. The molecule has 0 bridgehead atoms. The van der Waals surface area contributed by atoms with Crippen LogP contribution in [-0.4, -0.2) is 49.8 Å². The molecule has 0 amide bonds. The highest BCUT2D eigenvalue weighted by molar-refractivity contribution is 6.30. The van der Waals surface area contributed by atoms with E-state index in [4.69, 9.17) is 16.3 Å². The molecule has 0 saturated carbocycles. The monoisotopic (exact) mass is 314 g/mol. The first kappa shape index (κ1) is 16.7. The minimum Gasteiger partial charge on any atom is -0.379 e. The van der Waals surface area contributed by atoms with E-state index in [0.717, 1.165) is 26.3 Å². The maximum absolute atomic E-state index is 14.1. The highest BCUT2D eigenvalue weighted by atomic mass is 35.5. The minimum atomic E-state index is -0.308. The molecule has 1 aromatic rings. The van der Waals surface area contributed by atoms with Crippen LogP contribution in [-0.2, 0) is 11.2 Å². The summed E-state index contributed by atoms with van der Waals surface area (Å²) in [6.45, 7) is 7.72. The molecule has 21 heavy (non-hydrogen) atoms. The van der Waals surface area contributed by atoms with Crippen LogP contribution in [0.25, 0.3) is 0 Å². The number of halogens is 2. The third-order valence-corrected chi connectivity index (χ3v) is 4.77. The molecule has 1 unspecified atom stereocenters. The second kappa shape index (κ2) is 7.05. The van der Waals surface area contributed by atoms with Crippen molar-refractivity contribution in [3.05, 3.63) is 34.6 Å². The Morgan fingerprint density at radius 1 is 1.38 bits per heavy atom. The van der Waals surface area contributed by atoms with E-state index < -0.39 is 0 Å². The van der Waals surface area contributed by atoms with E-state index >= 15 is 0 Å². The van der Waals surface area contributed by atoms with Crippen molar-refractivity contribution in [2.45, 2.75) is 31.8 Å². The topological polar surface area (TPSA) is 24.5 Å². The lowest BCUT2D eigenvalue weighted by Gasteiger charge is -2.46. The molecule has 3 nitrogen and oxygen atoms in total. The van der Waals surface area contributed by atoms with Crippen molar-refractivity contribution < 1.29 is 9.13 Å². The first-order valence-electron chi connectivity index (χ1n) is 7.39. The van der Waals surface area contributed by atoms with Crippen molar-refractivity contribution in [2.75, 3.05) is 33.4 Å². The summed E-state index contributed by atoms with van der Waals surface area (Å²) in [5.41, 5.74) is 0.566. The molecule has 1 heterocycles. The zero-order valence-corrected chi connectivity index (χ0v) is 13.7. The number of morpholine rings is 1. The molecule has 118 valence electrons. The Kier molecular flexibility index (Phi) is 5.60. The van der Waals surface area contributed by atoms with Crippen molar-refractivity contribution in [1.29, 1.82) is 0 Å². The number of rotatable bonds is 5. The standard InChI is InChI=1S/C16H24ClFN2O/c1-16(2,20-7-9-21-10-8-20)14(19-3)11-12-5-4-6-13(17)15(12)18/h4-6,14,19H,7-11H2,1-3H3. The second-order valence-electron chi connectivity index (χ2n) is 6.01. The molecule has 1 saturated heterocycles. The number of benzene rings is 1. The highest BCUT2D eigenvalue weighted by Gasteiger charge is 2.35. The van der Waals surface area contributed by atoms with Crippen LogP contribution in [0.4, 0.5) is 4.39 Å². The molecular formula is C16H24ClFN2O. The van der Waals surface area contributed by atoms with E-state index in [1.54, 1.807) is 18.2 Å². The fourth-order valence-corrected chi connectivity index (χ4v) is 3.19. The van der Waals surface area contributed by atoms with Crippen LogP contribution in [0, 0.1) is 5.82 Å². The van der Waals surface area contributed by atoms with Crippen LogP contribution in [0.15, 0.2) is 18.2 Å². The smallest absolute Gasteiger partial charge is 0.145 e. The zero-order valence-electron chi connectivity index (χ0n) is 13.0. The molecule has 2 rings (SSSR count). The highest BCUT2D eigenvalue weighted by Crippen LogP contribution is 2.26. The number of ether oxygens (including phenoxy) is 1. The van der Waals surface area contributed by atoms with Crippen molar-refractivity contribution in [2.24, 2.45) is 0 Å². The summed E-state index contributed by atoms with van der Waals surface area (Å²) in [6, 6.07) is 5.32. The van der Waals surface area contributed by atoms with Gasteiger partial charge < -0.3 is 10.1 Å². The number of likely N-dealkylation sites (N-methyl/N-ethyl adjacent to an activating group) is 1. The molecule has 1 fully saturated rings. The molecule has 0 spiro atoms. The Balaban J connectivity index is 2.16. The Labute approximate surface area is 131 Å². The van der Waals surface area contributed by atoms with Gasteiger partial charge in [0, 0.05) is 24.7 Å². The summed E-state index contributed by atoms with van der Waals surface area (Å²) < 4.78 is 19.6. The summed E-state index contributed by atoms with van der Waals surface area (Å²) in [5.74, 6) is -0.308. The van der Waals surface area contributed by atoms with Gasteiger partial charge in [-0.3, -0.25) is 4.90 Å². The van der Waals surface area contributed by atoms with Crippen LogP contribution >= 0.6 is 11.6 Å². The Morgan fingerprint density at radius 3 is 2.67 bits per heavy atom. The van der Waals surface area contributed by atoms with Crippen LogP contribution in [0.2, 0.25) is 5.02 Å². The van der Waals surface area contributed by atoms with Gasteiger partial charge in [0.1, 0.15) is 5.82 Å². The maximum atomic E-state index is 14.1. The van der Waals surface area contributed by atoms with Gasteiger partial charge in [-0.25, -0.2) is 4.39 Å². The van der Waals surface area contributed by atoms with Crippen molar-refractivity contribution in [3.8, 4) is 0 Å². The summed E-state index contributed by atoms with van der Waals surface area (Å²) >= 11 is 5.88. The quantitative estimate of drug-likeness (QED) is 0.904. The first-order valence-corrected chi connectivity index (χ1v) is 7.77. The normalized spacial score (nSPS) is 18.7. The van der Waals surface area contributed by atoms with Gasteiger partial charge in [0.05, 0.1) is 18.2 Å². The second-order valence-corrected chi connectivity index (χ2v) is 6.42. The predicted octanol–water partition coefficient (Wildman–Crippen LogP) is 2.72. The van der Waals surface area contributed by atoms with E-state index in [0.29, 0.717) is 12.0 Å². The lowest BCUT2D eigenvalue weighted by Crippen LogP contribution is -2.60. The number of nitrogens with one attached hydrogen (secondary N) is 1. The first-order chi connectivity index (χ1) is 9.96. The third kappa shape index (κ3) is 3.75. The lowest BCUT2D eigenvalue weighted by molar-refractivity contribution is -0.0224. The van der Waals surface area contributed by atoms with Gasteiger partial charge in [0.25, 0.3) is 0 Å². The van der Waals surface area contributed by atoms with E-state index in [1.165, 1.54) is 0 Å². The van der Waals surface area contributed by atoms with Crippen molar-refractivity contribution in [1.82, 2.24) is 10.2 Å². The van der Waals surface area contributed by atoms with Gasteiger partial charge in [-0.1, -0.05) is 23.7 Å². The van der Waals surface area contributed by atoms with Crippen molar-refractivity contribution in [3.63, 3.8) is 0 Å². The molecule has 0 aromatic heterocycles. The van der Waals surface area contributed by atoms with Gasteiger partial charge in [-0.05, 0) is 38.9 Å². The molecule has 0 aliphatic carbocycles. The Bertz CT molecular complexity index is 475. The molecule has 1 aliphatic rings. The van der Waals surface area contributed by atoms with Crippen LogP contribution in [0.3, 0.4) is 0 Å². The van der Waals surface area contributed by atoms with Crippen molar-refractivity contribution >= 4 is 11.6 Å². The maximum Gasteiger partial charge on any atom is 0.145 e. The van der Waals surface area contributed by atoms with Crippen LogP contribution < -0.4 is 5.32 Å². The predicted molar refractivity (Wildman–Crippen MR) is 84.4 cm³/mol. The summed E-state index contributed by atoms with van der Waals surface area (Å²) in [6.07, 6.45) is 0.604. The lowest BCUT2D eigenvalue weighted by atomic mass is 9.87. The van der Waals surface area contributed by atoms with Crippen LogP contribution in [0.5, 0.6) is 0 Å². The van der Waals surface area contributed by atoms with Gasteiger partial charge in [-0.15, -0.1) is 0 Å². The van der Waals surface area contributed by atoms with E-state index in [1.807, 2.05) is 7.05 Å². The van der Waals surface area contributed by atoms with E-state index in [2.05, 4.69) is 24.1 Å². The Morgan fingerprint density at radius 2 is 2.05 bits per heavy atom. The molecule has 1 atom stereocenters.